The van der Waals surface area contributed by atoms with E-state index in [-0.39, 0.29) is 0 Å². The van der Waals surface area contributed by atoms with E-state index in [0.29, 0.717) is 11.5 Å². The van der Waals surface area contributed by atoms with Crippen LogP contribution in [0.4, 0.5) is 5.69 Å². The Balaban J connectivity index is 1.88. The number of nitrogen functional groups attached to an aromatic ring is 1. The number of hydrogen-bond acceptors (Lipinski definition) is 3. The summed E-state index contributed by atoms with van der Waals surface area (Å²) in [7, 11) is 0. The highest BCUT2D eigenvalue weighted by molar-refractivity contribution is 5.87. The second-order valence-corrected chi connectivity index (χ2v) is 7.02. The Morgan fingerprint density at radius 2 is 1.90 bits per heavy atom. The van der Waals surface area contributed by atoms with Gasteiger partial charge in [-0.15, -0.1) is 0 Å². The summed E-state index contributed by atoms with van der Waals surface area (Å²) in [5, 5.41) is 1.02. The highest BCUT2D eigenvalue weighted by Crippen LogP contribution is 2.37. The van der Waals surface area contributed by atoms with Crippen LogP contribution >= 0.6 is 0 Å². The molecule has 0 spiro atoms. The number of nitrogens with two attached hydrogens (primary N) is 1. The Kier molecular flexibility index (Phi) is 3.52. The fraction of sp³-hybridized carbons (Fsp3) is 0.500. The average molecular weight is 284 g/mol. The highest BCUT2D eigenvalue weighted by Gasteiger charge is 2.28. The first-order valence-electron chi connectivity index (χ1n) is 7.76. The number of anilines is 1. The Hall–Kier alpha value is -1.77. The molecular formula is C18H24N2O. The molecule has 1 aliphatic rings. The van der Waals surface area contributed by atoms with E-state index in [1.54, 1.807) is 0 Å². The van der Waals surface area contributed by atoms with Gasteiger partial charge in [0.15, 0.2) is 0 Å². The van der Waals surface area contributed by atoms with Gasteiger partial charge in [0, 0.05) is 22.8 Å². The molecule has 1 aliphatic carbocycles. The van der Waals surface area contributed by atoms with Crippen LogP contribution < -0.4 is 10.5 Å². The summed E-state index contributed by atoms with van der Waals surface area (Å²) in [5.41, 5.74) is 9.07. The van der Waals surface area contributed by atoms with Gasteiger partial charge in [-0.05, 0) is 56.2 Å². The van der Waals surface area contributed by atoms with Crippen molar-refractivity contribution in [3.05, 3.63) is 30.0 Å². The molecule has 3 rings (SSSR count). The van der Waals surface area contributed by atoms with Crippen LogP contribution in [0.25, 0.3) is 10.9 Å². The van der Waals surface area contributed by atoms with Gasteiger partial charge in [-0.25, -0.2) is 0 Å². The molecule has 3 nitrogen and oxygen atoms in total. The minimum atomic E-state index is 0.310. The Bertz CT molecular complexity index is 654. The molecule has 3 heteroatoms. The van der Waals surface area contributed by atoms with Crippen molar-refractivity contribution in [3.8, 4) is 5.75 Å². The Morgan fingerprint density at radius 1 is 1.19 bits per heavy atom. The molecule has 1 aromatic heterocycles. The number of nitrogens with zero attached hydrogens (tertiary/aromatic N) is 1. The summed E-state index contributed by atoms with van der Waals surface area (Å²) in [6, 6.07) is 7.85. The topological polar surface area (TPSA) is 48.1 Å². The van der Waals surface area contributed by atoms with Crippen LogP contribution in [0.2, 0.25) is 0 Å². The number of hydrogen-bond donors (Lipinski definition) is 1. The fourth-order valence-corrected chi connectivity index (χ4v) is 3.11. The summed E-state index contributed by atoms with van der Waals surface area (Å²) in [4.78, 5) is 4.56. The first-order chi connectivity index (χ1) is 9.93. The van der Waals surface area contributed by atoms with E-state index >= 15 is 0 Å². The van der Waals surface area contributed by atoms with Crippen molar-refractivity contribution in [2.75, 3.05) is 5.73 Å². The first-order valence-corrected chi connectivity index (χ1v) is 7.76. The van der Waals surface area contributed by atoms with Crippen LogP contribution in [0.5, 0.6) is 5.75 Å². The molecule has 0 bridgehead atoms. The van der Waals surface area contributed by atoms with Crippen LogP contribution in [0.1, 0.15) is 45.2 Å². The molecule has 2 aromatic rings. The largest absolute Gasteiger partial charge is 0.490 e. The van der Waals surface area contributed by atoms with Gasteiger partial charge in [0.2, 0.25) is 0 Å². The van der Waals surface area contributed by atoms with Gasteiger partial charge < -0.3 is 10.5 Å². The van der Waals surface area contributed by atoms with E-state index < -0.39 is 0 Å². The average Bonchev–Trinajstić information content (AvgIpc) is 2.42. The van der Waals surface area contributed by atoms with Gasteiger partial charge in [-0.2, -0.15) is 0 Å². The molecular weight excluding hydrogens is 260 g/mol. The highest BCUT2D eigenvalue weighted by atomic mass is 16.5. The van der Waals surface area contributed by atoms with E-state index in [1.165, 1.54) is 12.8 Å². The van der Waals surface area contributed by atoms with Crippen molar-refractivity contribution in [2.45, 2.75) is 52.6 Å². The van der Waals surface area contributed by atoms with Crippen LogP contribution in [0.3, 0.4) is 0 Å². The molecule has 0 aliphatic heterocycles. The van der Waals surface area contributed by atoms with Crippen molar-refractivity contribution >= 4 is 16.6 Å². The van der Waals surface area contributed by atoms with Crippen molar-refractivity contribution in [2.24, 2.45) is 5.41 Å². The van der Waals surface area contributed by atoms with Gasteiger partial charge in [-0.1, -0.05) is 13.8 Å². The van der Waals surface area contributed by atoms with Crippen LogP contribution in [0, 0.1) is 12.3 Å². The van der Waals surface area contributed by atoms with E-state index in [2.05, 4.69) is 18.8 Å². The number of fused-ring (bicyclic) bond motifs is 1. The fourth-order valence-electron chi connectivity index (χ4n) is 3.11. The van der Waals surface area contributed by atoms with Gasteiger partial charge in [0.05, 0.1) is 11.6 Å². The predicted octanol–water partition coefficient (Wildman–Crippen LogP) is 4.47. The summed E-state index contributed by atoms with van der Waals surface area (Å²) >= 11 is 0. The molecule has 21 heavy (non-hydrogen) atoms. The van der Waals surface area contributed by atoms with Gasteiger partial charge in [-0.3, -0.25) is 4.98 Å². The summed E-state index contributed by atoms with van der Waals surface area (Å²) < 4.78 is 6.30. The second-order valence-electron chi connectivity index (χ2n) is 7.02. The quantitative estimate of drug-likeness (QED) is 0.827. The SMILES string of the molecule is Cc1cc(OC2CCC(C)(C)CC2)c2cc(N)ccc2n1. The zero-order chi connectivity index (χ0) is 15.0. The minimum Gasteiger partial charge on any atom is -0.490 e. The van der Waals surface area contributed by atoms with E-state index in [1.807, 2.05) is 31.2 Å². The maximum Gasteiger partial charge on any atom is 0.130 e. The summed E-state index contributed by atoms with van der Waals surface area (Å²) in [6.45, 7) is 6.69. The zero-order valence-corrected chi connectivity index (χ0v) is 13.1. The maximum absolute atomic E-state index is 6.30. The van der Waals surface area contributed by atoms with Crippen LogP contribution in [-0.4, -0.2) is 11.1 Å². The molecule has 0 unspecified atom stereocenters. The third-order valence-electron chi connectivity index (χ3n) is 4.50. The van der Waals surface area contributed by atoms with E-state index in [0.717, 1.165) is 40.9 Å². The molecule has 1 aromatic carbocycles. The lowest BCUT2D eigenvalue weighted by Crippen LogP contribution is -2.28. The number of aryl methyl sites for hydroxylation is 1. The molecule has 112 valence electrons. The third-order valence-corrected chi connectivity index (χ3v) is 4.50. The number of pyridine rings is 1. The normalized spacial score (nSPS) is 18.8. The van der Waals surface area contributed by atoms with Gasteiger partial charge in [0.1, 0.15) is 5.75 Å². The Morgan fingerprint density at radius 3 is 2.62 bits per heavy atom. The molecule has 0 saturated heterocycles. The maximum atomic E-state index is 6.30. The van der Waals surface area contributed by atoms with Gasteiger partial charge >= 0.3 is 0 Å². The molecule has 0 amide bonds. The summed E-state index contributed by atoms with van der Waals surface area (Å²) in [6.07, 6.45) is 5.00. The monoisotopic (exact) mass is 284 g/mol. The molecule has 2 N–H and O–H groups in total. The lowest BCUT2D eigenvalue weighted by molar-refractivity contribution is 0.0999. The van der Waals surface area contributed by atoms with Crippen molar-refractivity contribution in [1.82, 2.24) is 4.98 Å². The minimum absolute atomic E-state index is 0.310. The summed E-state index contributed by atoms with van der Waals surface area (Å²) in [5.74, 6) is 0.925. The van der Waals surface area contributed by atoms with Crippen LogP contribution in [0.15, 0.2) is 24.3 Å². The Labute approximate surface area is 126 Å². The number of aromatic nitrogens is 1. The molecule has 1 saturated carbocycles. The van der Waals surface area contributed by atoms with E-state index in [4.69, 9.17) is 10.5 Å². The smallest absolute Gasteiger partial charge is 0.130 e. The molecule has 0 atom stereocenters. The predicted molar refractivity (Wildman–Crippen MR) is 87.6 cm³/mol. The lowest BCUT2D eigenvalue weighted by atomic mass is 9.76. The van der Waals surface area contributed by atoms with E-state index in [9.17, 15) is 0 Å². The van der Waals surface area contributed by atoms with Crippen molar-refractivity contribution in [3.63, 3.8) is 0 Å². The molecule has 1 heterocycles. The van der Waals surface area contributed by atoms with Crippen molar-refractivity contribution < 1.29 is 4.74 Å². The number of ether oxygens (including phenoxy) is 1. The van der Waals surface area contributed by atoms with Gasteiger partial charge in [0.25, 0.3) is 0 Å². The van der Waals surface area contributed by atoms with Crippen LogP contribution in [-0.2, 0) is 0 Å². The lowest BCUT2D eigenvalue weighted by Gasteiger charge is -2.34. The molecule has 1 fully saturated rings. The molecule has 0 radical (unpaired) electrons. The standard InChI is InChI=1S/C18H24N2O/c1-12-10-17(15-11-13(19)4-5-16(15)20-12)21-14-6-8-18(2,3)9-7-14/h4-5,10-11,14H,6-9,19H2,1-3H3. The zero-order valence-electron chi connectivity index (χ0n) is 13.1. The van der Waals surface area contributed by atoms with Crippen molar-refractivity contribution in [1.29, 1.82) is 0 Å². The number of rotatable bonds is 2. The first kappa shape index (κ1) is 14.2. The number of benzene rings is 1. The second kappa shape index (κ2) is 5.21. The third kappa shape index (κ3) is 3.12.